The fourth-order valence-corrected chi connectivity index (χ4v) is 4.11. The molecule has 2 aromatic carbocycles. The summed E-state index contributed by atoms with van der Waals surface area (Å²) in [4.78, 5) is 30.6. The maximum Gasteiger partial charge on any atom is 0.411 e. The minimum absolute atomic E-state index is 0.0598. The van der Waals surface area contributed by atoms with Gasteiger partial charge in [-0.05, 0) is 42.5 Å². The van der Waals surface area contributed by atoms with Gasteiger partial charge in [-0.3, -0.25) is 5.32 Å². The molecule has 4 aromatic rings. The zero-order valence-corrected chi connectivity index (χ0v) is 19.3. The van der Waals surface area contributed by atoms with Gasteiger partial charge in [0.2, 0.25) is 10.0 Å². The van der Waals surface area contributed by atoms with Gasteiger partial charge in [0.1, 0.15) is 23.2 Å². The average Bonchev–Trinajstić information content (AvgIpc) is 3.19. The lowest BCUT2D eigenvalue weighted by Gasteiger charge is -2.12. The van der Waals surface area contributed by atoms with Gasteiger partial charge in [0, 0.05) is 42.9 Å². The summed E-state index contributed by atoms with van der Waals surface area (Å²) in [6.45, 7) is 1.82. The SMILES string of the molecule is CCOC(=O)Nc1ccc2c(COn3nnc4ccc(S(=O)(=O)N(C)C)cc43)cc(=O)oc2c1. The van der Waals surface area contributed by atoms with Crippen LogP contribution in [-0.2, 0) is 21.4 Å². The number of sulfonamides is 1. The number of aromatic nitrogens is 3. The summed E-state index contributed by atoms with van der Waals surface area (Å²) in [7, 11) is -0.793. The van der Waals surface area contributed by atoms with E-state index in [0.717, 1.165) is 9.15 Å². The van der Waals surface area contributed by atoms with Crippen molar-refractivity contribution in [1.82, 2.24) is 19.5 Å². The lowest BCUT2D eigenvalue weighted by molar-refractivity contribution is 0.0756. The lowest BCUT2D eigenvalue weighted by atomic mass is 10.1. The molecule has 0 aliphatic heterocycles. The minimum atomic E-state index is -3.66. The number of hydrogen-bond acceptors (Lipinski definition) is 9. The molecule has 0 radical (unpaired) electrons. The van der Waals surface area contributed by atoms with Crippen molar-refractivity contribution in [3.63, 3.8) is 0 Å². The standard InChI is InChI=1S/C21H21N5O7S/c1-4-31-21(28)22-14-5-7-16-13(9-20(27)33-19(16)10-14)12-32-26-18-11-15(34(29,30)25(2)3)6-8-17(18)23-24-26/h5-11H,4,12H2,1-3H3,(H,22,28). The van der Waals surface area contributed by atoms with Crippen LogP contribution in [-0.4, -0.2) is 54.7 Å². The third kappa shape index (κ3) is 4.56. The van der Waals surface area contributed by atoms with E-state index < -0.39 is 21.7 Å². The normalized spacial score (nSPS) is 11.8. The topological polar surface area (TPSA) is 146 Å². The van der Waals surface area contributed by atoms with Gasteiger partial charge >= 0.3 is 11.7 Å². The monoisotopic (exact) mass is 487 g/mol. The van der Waals surface area contributed by atoms with E-state index in [1.807, 2.05) is 0 Å². The molecule has 0 saturated carbocycles. The Bertz CT molecular complexity index is 1540. The maximum atomic E-state index is 12.5. The number of benzene rings is 2. The van der Waals surface area contributed by atoms with E-state index in [0.29, 0.717) is 27.7 Å². The van der Waals surface area contributed by atoms with Gasteiger partial charge in [-0.1, -0.05) is 4.85 Å². The quantitative estimate of drug-likeness (QED) is 0.387. The number of carbonyl (C=O) groups excluding carboxylic acids is 1. The molecule has 4 rings (SSSR count). The first-order valence-corrected chi connectivity index (χ1v) is 11.5. The summed E-state index contributed by atoms with van der Waals surface area (Å²) in [5.74, 6) is 0. The van der Waals surface area contributed by atoms with Gasteiger partial charge in [0.05, 0.1) is 11.5 Å². The Hall–Kier alpha value is -3.97. The number of ether oxygens (including phenoxy) is 1. The smallest absolute Gasteiger partial charge is 0.411 e. The first-order chi connectivity index (χ1) is 16.2. The Labute approximate surface area is 193 Å². The summed E-state index contributed by atoms with van der Waals surface area (Å²) in [5.41, 5.74) is 1.30. The number of hydrogen-bond donors (Lipinski definition) is 1. The summed E-state index contributed by atoms with van der Waals surface area (Å²) < 4.78 is 36.1. The van der Waals surface area contributed by atoms with Gasteiger partial charge in [0.15, 0.2) is 0 Å². The molecule has 0 aliphatic rings. The van der Waals surface area contributed by atoms with Gasteiger partial charge in [0.25, 0.3) is 0 Å². The van der Waals surface area contributed by atoms with Crippen LogP contribution >= 0.6 is 0 Å². The zero-order valence-electron chi connectivity index (χ0n) is 18.5. The van der Waals surface area contributed by atoms with Crippen LogP contribution in [0.1, 0.15) is 12.5 Å². The van der Waals surface area contributed by atoms with E-state index in [-0.39, 0.29) is 23.7 Å². The van der Waals surface area contributed by atoms with Gasteiger partial charge in [-0.25, -0.2) is 22.3 Å². The molecule has 0 spiro atoms. The van der Waals surface area contributed by atoms with Crippen molar-refractivity contribution < 1.29 is 27.2 Å². The molecular weight excluding hydrogens is 466 g/mol. The maximum absolute atomic E-state index is 12.5. The lowest BCUT2D eigenvalue weighted by Crippen LogP contribution is -2.22. The molecule has 1 N–H and O–H groups in total. The van der Waals surface area contributed by atoms with E-state index in [2.05, 4.69) is 15.6 Å². The second-order valence-corrected chi connectivity index (χ2v) is 9.47. The number of anilines is 1. The minimum Gasteiger partial charge on any atom is -0.450 e. The number of fused-ring (bicyclic) bond motifs is 2. The highest BCUT2D eigenvalue weighted by Crippen LogP contribution is 2.23. The second-order valence-electron chi connectivity index (χ2n) is 7.32. The Morgan fingerprint density at radius 3 is 2.71 bits per heavy atom. The van der Waals surface area contributed by atoms with Gasteiger partial charge < -0.3 is 14.0 Å². The molecule has 34 heavy (non-hydrogen) atoms. The van der Waals surface area contributed by atoms with Crippen LogP contribution in [0.5, 0.6) is 0 Å². The summed E-state index contributed by atoms with van der Waals surface area (Å²) in [6.07, 6.45) is -0.627. The highest BCUT2D eigenvalue weighted by Gasteiger charge is 2.19. The predicted molar refractivity (Wildman–Crippen MR) is 122 cm³/mol. The van der Waals surface area contributed by atoms with E-state index in [9.17, 15) is 18.0 Å². The van der Waals surface area contributed by atoms with Crippen molar-refractivity contribution in [2.75, 3.05) is 26.0 Å². The molecule has 0 saturated heterocycles. The highest BCUT2D eigenvalue weighted by atomic mass is 32.2. The number of nitrogens with zero attached hydrogens (tertiary/aromatic N) is 4. The molecule has 0 unspecified atom stereocenters. The molecule has 178 valence electrons. The van der Waals surface area contributed by atoms with Crippen molar-refractivity contribution in [1.29, 1.82) is 0 Å². The molecule has 1 amide bonds. The Morgan fingerprint density at radius 1 is 1.18 bits per heavy atom. The molecule has 0 fully saturated rings. The van der Waals surface area contributed by atoms with Crippen LogP contribution in [0.25, 0.3) is 22.0 Å². The van der Waals surface area contributed by atoms with Crippen molar-refractivity contribution in [2.45, 2.75) is 18.4 Å². The fraction of sp³-hybridized carbons (Fsp3) is 0.238. The molecule has 0 aliphatic carbocycles. The molecule has 2 aromatic heterocycles. The fourth-order valence-electron chi connectivity index (χ4n) is 3.19. The van der Waals surface area contributed by atoms with Crippen LogP contribution in [0.4, 0.5) is 10.5 Å². The van der Waals surface area contributed by atoms with E-state index >= 15 is 0 Å². The first kappa shape index (κ1) is 23.2. The number of nitrogens with one attached hydrogen (secondary N) is 1. The third-order valence-corrected chi connectivity index (χ3v) is 6.67. The predicted octanol–water partition coefficient (Wildman–Crippen LogP) is 1.99. The Morgan fingerprint density at radius 2 is 1.97 bits per heavy atom. The summed E-state index contributed by atoms with van der Waals surface area (Å²) >= 11 is 0. The highest BCUT2D eigenvalue weighted by molar-refractivity contribution is 7.89. The average molecular weight is 487 g/mol. The largest absolute Gasteiger partial charge is 0.450 e. The Balaban J connectivity index is 1.63. The van der Waals surface area contributed by atoms with Crippen molar-refractivity contribution in [3.8, 4) is 0 Å². The van der Waals surface area contributed by atoms with Crippen LogP contribution < -0.4 is 15.8 Å². The third-order valence-electron chi connectivity index (χ3n) is 4.86. The van der Waals surface area contributed by atoms with Crippen LogP contribution in [0.3, 0.4) is 0 Å². The van der Waals surface area contributed by atoms with Crippen molar-refractivity contribution in [2.24, 2.45) is 0 Å². The van der Waals surface area contributed by atoms with E-state index in [1.54, 1.807) is 19.1 Å². The van der Waals surface area contributed by atoms with Gasteiger partial charge in [-0.15, -0.1) is 5.10 Å². The molecule has 13 heteroatoms. The van der Waals surface area contributed by atoms with Crippen LogP contribution in [0.15, 0.2) is 56.6 Å². The second kappa shape index (κ2) is 9.11. The van der Waals surface area contributed by atoms with E-state index in [1.165, 1.54) is 44.4 Å². The van der Waals surface area contributed by atoms with Crippen LogP contribution in [0, 0.1) is 0 Å². The van der Waals surface area contributed by atoms with Crippen molar-refractivity contribution >= 4 is 43.8 Å². The number of rotatable bonds is 7. The summed E-state index contributed by atoms with van der Waals surface area (Å²) in [6, 6.07) is 10.5. The zero-order chi connectivity index (χ0) is 24.5. The number of carbonyl (C=O) groups is 1. The summed E-state index contributed by atoms with van der Waals surface area (Å²) in [5, 5.41) is 11.0. The molecular formula is C21H21N5O7S. The first-order valence-electron chi connectivity index (χ1n) is 10.1. The van der Waals surface area contributed by atoms with E-state index in [4.69, 9.17) is 14.0 Å². The van der Waals surface area contributed by atoms with Crippen LogP contribution in [0.2, 0.25) is 0 Å². The van der Waals surface area contributed by atoms with Crippen molar-refractivity contribution in [3.05, 3.63) is 58.4 Å². The number of amides is 1. The molecule has 12 nitrogen and oxygen atoms in total. The molecule has 0 atom stereocenters. The van der Waals surface area contributed by atoms with Gasteiger partial charge in [-0.2, -0.15) is 0 Å². The Kier molecular flexibility index (Phi) is 6.22. The molecule has 2 heterocycles. The molecule has 0 bridgehead atoms.